The molecule has 5 nitrogen and oxygen atoms in total. The highest BCUT2D eigenvalue weighted by atomic mass is 15.2. The van der Waals surface area contributed by atoms with Gasteiger partial charge >= 0.3 is 0 Å². The Balaban J connectivity index is 2.19. The van der Waals surface area contributed by atoms with E-state index in [1.54, 1.807) is 10.9 Å². The van der Waals surface area contributed by atoms with Gasteiger partial charge in [0.15, 0.2) is 5.82 Å². The molecule has 2 heterocycles. The van der Waals surface area contributed by atoms with E-state index in [4.69, 9.17) is 0 Å². The molecule has 0 aliphatic carbocycles. The van der Waals surface area contributed by atoms with Gasteiger partial charge in [-0.3, -0.25) is 4.68 Å². The number of aryl methyl sites for hydroxylation is 2. The molecule has 0 fully saturated rings. The van der Waals surface area contributed by atoms with Gasteiger partial charge in [-0.2, -0.15) is 5.10 Å². The molecule has 0 unspecified atom stereocenters. The lowest BCUT2D eigenvalue weighted by Gasteiger charge is -2.10. The van der Waals surface area contributed by atoms with Crippen molar-refractivity contribution in [3.05, 3.63) is 29.8 Å². The van der Waals surface area contributed by atoms with Crippen LogP contribution in [0.2, 0.25) is 0 Å². The Morgan fingerprint density at radius 3 is 2.67 bits per heavy atom. The third-order valence-corrected chi connectivity index (χ3v) is 2.74. The van der Waals surface area contributed by atoms with Crippen LogP contribution in [-0.4, -0.2) is 25.8 Å². The van der Waals surface area contributed by atoms with Gasteiger partial charge in [0.05, 0.1) is 11.8 Å². The molecule has 18 heavy (non-hydrogen) atoms. The molecule has 0 saturated carbocycles. The van der Waals surface area contributed by atoms with Crippen molar-refractivity contribution in [3.63, 3.8) is 0 Å². The lowest BCUT2D eigenvalue weighted by molar-refractivity contribution is 0.585. The minimum absolute atomic E-state index is 0.461. The third kappa shape index (κ3) is 2.92. The van der Waals surface area contributed by atoms with E-state index in [0.717, 1.165) is 29.2 Å². The Bertz CT molecular complexity index is 530. The maximum absolute atomic E-state index is 4.53. The maximum atomic E-state index is 4.53. The quantitative estimate of drug-likeness (QED) is 0.890. The molecule has 0 bridgehead atoms. The molecular formula is C13H19N5. The van der Waals surface area contributed by atoms with Gasteiger partial charge in [-0.1, -0.05) is 13.8 Å². The van der Waals surface area contributed by atoms with E-state index in [2.05, 4.69) is 34.2 Å². The van der Waals surface area contributed by atoms with Crippen LogP contribution >= 0.6 is 0 Å². The normalized spacial score (nSPS) is 11.2. The minimum atomic E-state index is 0.461. The molecular weight excluding hydrogens is 226 g/mol. The first-order valence-electron chi connectivity index (χ1n) is 6.11. The van der Waals surface area contributed by atoms with Gasteiger partial charge in [0.25, 0.3) is 0 Å². The highest BCUT2D eigenvalue weighted by molar-refractivity contribution is 5.52. The predicted molar refractivity (Wildman–Crippen MR) is 70.9 cm³/mol. The minimum Gasteiger partial charge on any atom is -0.310 e. The molecule has 0 atom stereocenters. The monoisotopic (exact) mass is 245 g/mol. The van der Waals surface area contributed by atoms with Crippen LogP contribution in [0.3, 0.4) is 0 Å². The summed E-state index contributed by atoms with van der Waals surface area (Å²) < 4.78 is 1.75. The second-order valence-electron chi connectivity index (χ2n) is 4.74. The van der Waals surface area contributed by atoms with Crippen molar-refractivity contribution < 1.29 is 0 Å². The predicted octanol–water partition coefficient (Wildman–Crippen LogP) is 1.68. The van der Waals surface area contributed by atoms with Gasteiger partial charge < -0.3 is 5.32 Å². The van der Waals surface area contributed by atoms with E-state index in [0.29, 0.717) is 6.04 Å². The summed E-state index contributed by atoms with van der Waals surface area (Å²) in [6.07, 6.45) is 5.58. The van der Waals surface area contributed by atoms with Crippen LogP contribution in [0.25, 0.3) is 11.4 Å². The number of aromatic nitrogens is 4. The van der Waals surface area contributed by atoms with Gasteiger partial charge in [-0.15, -0.1) is 0 Å². The molecule has 2 aromatic heterocycles. The summed E-state index contributed by atoms with van der Waals surface area (Å²) in [6, 6.07) is 0.461. The van der Waals surface area contributed by atoms with Crippen LogP contribution < -0.4 is 5.32 Å². The first-order valence-corrected chi connectivity index (χ1v) is 6.11. The molecule has 2 rings (SSSR count). The molecule has 0 saturated heterocycles. The van der Waals surface area contributed by atoms with Crippen molar-refractivity contribution in [2.75, 3.05) is 0 Å². The van der Waals surface area contributed by atoms with E-state index < -0.39 is 0 Å². The molecule has 0 aromatic carbocycles. The van der Waals surface area contributed by atoms with Gasteiger partial charge in [0.2, 0.25) is 0 Å². The third-order valence-electron chi connectivity index (χ3n) is 2.74. The molecule has 0 radical (unpaired) electrons. The van der Waals surface area contributed by atoms with Crippen molar-refractivity contribution in [2.24, 2.45) is 7.05 Å². The SMILES string of the molecule is Cc1nc(-c2cnn(C)c2)ncc1CNC(C)C. The summed E-state index contributed by atoms with van der Waals surface area (Å²) >= 11 is 0. The van der Waals surface area contributed by atoms with Crippen LogP contribution in [0.4, 0.5) is 0 Å². The summed E-state index contributed by atoms with van der Waals surface area (Å²) in [4.78, 5) is 8.93. The molecule has 5 heteroatoms. The second kappa shape index (κ2) is 5.27. The molecule has 0 aliphatic rings. The highest BCUT2D eigenvalue weighted by Crippen LogP contribution is 2.14. The van der Waals surface area contributed by atoms with Crippen LogP contribution in [0.5, 0.6) is 0 Å². The number of nitrogens with zero attached hydrogens (tertiary/aromatic N) is 4. The van der Waals surface area contributed by atoms with Gasteiger partial charge in [-0.25, -0.2) is 9.97 Å². The largest absolute Gasteiger partial charge is 0.310 e. The van der Waals surface area contributed by atoms with Crippen molar-refractivity contribution in [2.45, 2.75) is 33.4 Å². The fraction of sp³-hybridized carbons (Fsp3) is 0.462. The molecule has 0 aliphatic heterocycles. The maximum Gasteiger partial charge on any atom is 0.162 e. The van der Waals surface area contributed by atoms with Crippen LogP contribution in [-0.2, 0) is 13.6 Å². The number of rotatable bonds is 4. The van der Waals surface area contributed by atoms with E-state index in [1.807, 2.05) is 26.4 Å². The van der Waals surface area contributed by atoms with Crippen molar-refractivity contribution >= 4 is 0 Å². The Hall–Kier alpha value is -1.75. The lowest BCUT2D eigenvalue weighted by Crippen LogP contribution is -2.22. The van der Waals surface area contributed by atoms with Crippen molar-refractivity contribution in [1.82, 2.24) is 25.1 Å². The van der Waals surface area contributed by atoms with Crippen molar-refractivity contribution in [1.29, 1.82) is 0 Å². The number of hydrogen-bond acceptors (Lipinski definition) is 4. The average molecular weight is 245 g/mol. The van der Waals surface area contributed by atoms with E-state index >= 15 is 0 Å². The summed E-state index contributed by atoms with van der Waals surface area (Å²) in [5, 5.41) is 7.50. The Morgan fingerprint density at radius 2 is 2.11 bits per heavy atom. The molecule has 1 N–H and O–H groups in total. The second-order valence-corrected chi connectivity index (χ2v) is 4.74. The van der Waals surface area contributed by atoms with Crippen LogP contribution in [0.1, 0.15) is 25.1 Å². The first-order chi connectivity index (χ1) is 8.56. The standard InChI is InChI=1S/C13H19N5/c1-9(2)14-5-11-6-15-13(17-10(11)3)12-7-16-18(4)8-12/h6-9,14H,5H2,1-4H3. The lowest BCUT2D eigenvalue weighted by atomic mass is 10.2. The first kappa shape index (κ1) is 12.7. The fourth-order valence-electron chi connectivity index (χ4n) is 1.66. The zero-order valence-corrected chi connectivity index (χ0v) is 11.3. The molecule has 2 aromatic rings. The number of nitrogens with one attached hydrogen (secondary N) is 1. The Kier molecular flexibility index (Phi) is 3.72. The summed E-state index contributed by atoms with van der Waals surface area (Å²) in [6.45, 7) is 7.07. The average Bonchev–Trinajstić information content (AvgIpc) is 2.74. The summed E-state index contributed by atoms with van der Waals surface area (Å²) in [5.74, 6) is 0.730. The van der Waals surface area contributed by atoms with Gasteiger partial charge in [0.1, 0.15) is 0 Å². The Morgan fingerprint density at radius 1 is 1.33 bits per heavy atom. The zero-order valence-electron chi connectivity index (χ0n) is 11.3. The molecule has 96 valence electrons. The zero-order chi connectivity index (χ0) is 13.1. The van der Waals surface area contributed by atoms with Crippen LogP contribution in [0.15, 0.2) is 18.6 Å². The topological polar surface area (TPSA) is 55.6 Å². The van der Waals surface area contributed by atoms with E-state index in [1.165, 1.54) is 0 Å². The van der Waals surface area contributed by atoms with Gasteiger partial charge in [0, 0.05) is 43.3 Å². The molecule has 0 amide bonds. The van der Waals surface area contributed by atoms with Crippen molar-refractivity contribution in [3.8, 4) is 11.4 Å². The van der Waals surface area contributed by atoms with E-state index in [9.17, 15) is 0 Å². The van der Waals surface area contributed by atoms with E-state index in [-0.39, 0.29) is 0 Å². The highest BCUT2D eigenvalue weighted by Gasteiger charge is 2.07. The summed E-state index contributed by atoms with van der Waals surface area (Å²) in [7, 11) is 1.89. The van der Waals surface area contributed by atoms with Gasteiger partial charge in [-0.05, 0) is 6.92 Å². The molecule has 0 spiro atoms. The Labute approximate surface area is 107 Å². The number of hydrogen-bond donors (Lipinski definition) is 1. The fourth-order valence-corrected chi connectivity index (χ4v) is 1.66. The van der Waals surface area contributed by atoms with Crippen LogP contribution in [0, 0.1) is 6.92 Å². The smallest absolute Gasteiger partial charge is 0.162 e. The summed E-state index contributed by atoms with van der Waals surface area (Å²) in [5.41, 5.74) is 3.09.